The quantitative estimate of drug-likeness (QED) is 0.328. The number of aryl methyl sites for hydroxylation is 1. The van der Waals surface area contributed by atoms with Crippen LogP contribution in [0.25, 0.3) is 0 Å². The van der Waals surface area contributed by atoms with Crippen LogP contribution in [0, 0.1) is 30.6 Å². The number of guanidine groups is 1. The molecule has 6 nitrogen and oxygen atoms in total. The molecule has 1 aliphatic heterocycles. The largest absolute Gasteiger partial charge is 0.356 e. The Hall–Kier alpha value is -2.63. The summed E-state index contributed by atoms with van der Waals surface area (Å²) in [5.74, 6) is 0.955. The summed E-state index contributed by atoms with van der Waals surface area (Å²) in [6.07, 6.45) is 5.22. The molecule has 0 aromatic heterocycles. The fourth-order valence-corrected chi connectivity index (χ4v) is 5.16. The number of aliphatic imine (C=N–C) groups is 1. The van der Waals surface area contributed by atoms with Crippen LogP contribution in [0.2, 0.25) is 0 Å². The molecule has 30 heavy (non-hydrogen) atoms. The number of hydrogen-bond donors (Lipinski definition) is 2. The van der Waals surface area contributed by atoms with Gasteiger partial charge in [0.15, 0.2) is 5.96 Å². The van der Waals surface area contributed by atoms with Crippen LogP contribution in [0.1, 0.15) is 31.4 Å². The molecule has 2 amide bonds. The fourth-order valence-electron chi connectivity index (χ4n) is 5.16. The van der Waals surface area contributed by atoms with E-state index in [4.69, 9.17) is 0 Å². The number of carbonyl (C=O) groups excluding carboxylic acids is 2. The molecule has 160 valence electrons. The second kappa shape index (κ2) is 7.89. The lowest BCUT2D eigenvalue weighted by molar-refractivity contribution is -0.140. The van der Waals surface area contributed by atoms with Gasteiger partial charge in [-0.3, -0.25) is 19.5 Å². The second-order valence-electron chi connectivity index (χ2n) is 9.43. The van der Waals surface area contributed by atoms with E-state index in [1.54, 1.807) is 7.05 Å². The Balaban J connectivity index is 1.28. The van der Waals surface area contributed by atoms with Crippen molar-refractivity contribution in [3.63, 3.8) is 0 Å². The number of amides is 2. The molecule has 2 N–H and O–H groups in total. The summed E-state index contributed by atoms with van der Waals surface area (Å²) < 4.78 is 0. The standard InChI is InChI=1S/C24H32N4O2/c1-15-6-5-7-18(12-15)24(2,3)14-27-23(25-4)26-10-11-28-21(29)19-16-8-9-17(13-16)20(19)22(28)30/h5-9,12,16-17,19-20H,10-11,13-14H2,1-4H3,(H2,25,26,27). The molecule has 1 saturated heterocycles. The number of imide groups is 1. The zero-order chi connectivity index (χ0) is 21.5. The Morgan fingerprint density at radius 1 is 1.13 bits per heavy atom. The number of nitrogens with one attached hydrogen (secondary N) is 2. The number of carbonyl (C=O) groups is 2. The molecule has 4 rings (SSSR count). The van der Waals surface area contributed by atoms with Gasteiger partial charge < -0.3 is 10.6 Å². The first kappa shape index (κ1) is 20.6. The average Bonchev–Trinajstić information content (AvgIpc) is 3.40. The minimum atomic E-state index is -0.125. The van der Waals surface area contributed by atoms with E-state index < -0.39 is 0 Å². The zero-order valence-electron chi connectivity index (χ0n) is 18.3. The molecule has 1 saturated carbocycles. The summed E-state index contributed by atoms with van der Waals surface area (Å²) in [5, 5.41) is 6.63. The SMILES string of the molecule is CN=C(NCCN1C(=O)C2C3C=CC(C3)C2C1=O)NCC(C)(C)c1cccc(C)c1. The van der Waals surface area contributed by atoms with Gasteiger partial charge in [-0.05, 0) is 30.7 Å². The van der Waals surface area contributed by atoms with Crippen LogP contribution in [-0.2, 0) is 15.0 Å². The van der Waals surface area contributed by atoms with Gasteiger partial charge in [-0.25, -0.2) is 0 Å². The lowest BCUT2D eigenvalue weighted by Crippen LogP contribution is -2.46. The van der Waals surface area contributed by atoms with Crippen LogP contribution >= 0.6 is 0 Å². The number of fused-ring (bicyclic) bond motifs is 5. The van der Waals surface area contributed by atoms with Crippen molar-refractivity contribution in [2.45, 2.75) is 32.6 Å². The Labute approximate surface area is 178 Å². The first-order valence-corrected chi connectivity index (χ1v) is 10.9. The smallest absolute Gasteiger partial charge is 0.233 e. The van der Waals surface area contributed by atoms with Crippen molar-refractivity contribution in [2.24, 2.45) is 28.7 Å². The fraction of sp³-hybridized carbons (Fsp3) is 0.542. The lowest BCUT2D eigenvalue weighted by atomic mass is 9.84. The third-order valence-electron chi connectivity index (χ3n) is 6.91. The highest BCUT2D eigenvalue weighted by molar-refractivity contribution is 6.06. The molecule has 2 aliphatic carbocycles. The topological polar surface area (TPSA) is 73.8 Å². The maximum absolute atomic E-state index is 12.8. The van der Waals surface area contributed by atoms with Crippen LogP contribution in [0.4, 0.5) is 0 Å². The normalized spacial score (nSPS) is 27.7. The van der Waals surface area contributed by atoms with Crippen LogP contribution in [-0.4, -0.2) is 49.4 Å². The van der Waals surface area contributed by atoms with Crippen molar-refractivity contribution in [3.8, 4) is 0 Å². The van der Waals surface area contributed by atoms with E-state index >= 15 is 0 Å². The second-order valence-corrected chi connectivity index (χ2v) is 9.43. The molecule has 3 aliphatic rings. The highest BCUT2D eigenvalue weighted by atomic mass is 16.2. The number of allylic oxidation sites excluding steroid dienone is 2. The molecule has 4 atom stereocenters. The minimum Gasteiger partial charge on any atom is -0.356 e. The van der Waals surface area contributed by atoms with E-state index in [-0.39, 0.29) is 40.9 Å². The van der Waals surface area contributed by atoms with Gasteiger partial charge in [0.05, 0.1) is 11.8 Å². The van der Waals surface area contributed by atoms with Gasteiger partial charge in [0.1, 0.15) is 0 Å². The van der Waals surface area contributed by atoms with E-state index in [1.807, 2.05) is 0 Å². The van der Waals surface area contributed by atoms with Crippen molar-refractivity contribution in [1.82, 2.24) is 15.5 Å². The van der Waals surface area contributed by atoms with Gasteiger partial charge in [-0.1, -0.05) is 55.8 Å². The van der Waals surface area contributed by atoms with E-state index in [2.05, 4.69) is 72.8 Å². The van der Waals surface area contributed by atoms with E-state index in [1.165, 1.54) is 16.0 Å². The molecule has 0 radical (unpaired) electrons. The summed E-state index contributed by atoms with van der Waals surface area (Å²) in [6, 6.07) is 8.54. The first-order chi connectivity index (χ1) is 14.3. The number of likely N-dealkylation sites (tertiary alicyclic amines) is 1. The third-order valence-corrected chi connectivity index (χ3v) is 6.91. The summed E-state index contributed by atoms with van der Waals surface area (Å²) in [7, 11) is 1.73. The highest BCUT2D eigenvalue weighted by Crippen LogP contribution is 2.52. The number of hydrogen-bond acceptors (Lipinski definition) is 3. The van der Waals surface area contributed by atoms with Gasteiger partial charge in [0.2, 0.25) is 11.8 Å². The van der Waals surface area contributed by atoms with Crippen LogP contribution in [0.3, 0.4) is 0 Å². The molecular weight excluding hydrogens is 376 g/mol. The van der Waals surface area contributed by atoms with Crippen molar-refractivity contribution in [1.29, 1.82) is 0 Å². The number of nitrogens with zero attached hydrogens (tertiary/aromatic N) is 2. The molecular formula is C24H32N4O2. The predicted molar refractivity (Wildman–Crippen MR) is 118 cm³/mol. The molecule has 1 aromatic carbocycles. The zero-order valence-corrected chi connectivity index (χ0v) is 18.3. The Morgan fingerprint density at radius 2 is 1.80 bits per heavy atom. The van der Waals surface area contributed by atoms with Crippen molar-refractivity contribution in [3.05, 3.63) is 47.5 Å². The Bertz CT molecular complexity index is 874. The predicted octanol–water partition coefficient (Wildman–Crippen LogP) is 2.24. The van der Waals surface area contributed by atoms with Gasteiger partial charge in [-0.2, -0.15) is 0 Å². The van der Waals surface area contributed by atoms with Crippen LogP contribution in [0.15, 0.2) is 41.4 Å². The van der Waals surface area contributed by atoms with Crippen LogP contribution < -0.4 is 10.6 Å². The van der Waals surface area contributed by atoms with Gasteiger partial charge in [0.25, 0.3) is 0 Å². The maximum Gasteiger partial charge on any atom is 0.233 e. The van der Waals surface area contributed by atoms with E-state index in [9.17, 15) is 9.59 Å². The summed E-state index contributed by atoms with van der Waals surface area (Å²) >= 11 is 0. The van der Waals surface area contributed by atoms with Crippen molar-refractivity contribution in [2.75, 3.05) is 26.7 Å². The number of rotatable bonds is 6. The third kappa shape index (κ3) is 3.64. The van der Waals surface area contributed by atoms with Gasteiger partial charge >= 0.3 is 0 Å². The Kier molecular flexibility index (Phi) is 5.43. The molecule has 1 aromatic rings. The lowest BCUT2D eigenvalue weighted by Gasteiger charge is -2.27. The summed E-state index contributed by atoms with van der Waals surface area (Å²) in [4.78, 5) is 31.3. The van der Waals surface area contributed by atoms with Crippen molar-refractivity contribution >= 4 is 17.8 Å². The molecule has 2 bridgehead atoms. The highest BCUT2D eigenvalue weighted by Gasteiger charge is 2.58. The molecule has 2 fully saturated rings. The first-order valence-electron chi connectivity index (χ1n) is 10.9. The summed E-state index contributed by atoms with van der Waals surface area (Å²) in [5.41, 5.74) is 2.46. The van der Waals surface area contributed by atoms with E-state index in [0.717, 1.165) is 13.0 Å². The summed E-state index contributed by atoms with van der Waals surface area (Å²) in [6.45, 7) is 8.09. The molecule has 4 unspecified atom stereocenters. The average molecular weight is 409 g/mol. The molecule has 1 heterocycles. The van der Waals surface area contributed by atoms with Crippen LogP contribution in [0.5, 0.6) is 0 Å². The number of benzene rings is 1. The molecule has 6 heteroatoms. The maximum atomic E-state index is 12.8. The van der Waals surface area contributed by atoms with E-state index in [0.29, 0.717) is 19.0 Å². The van der Waals surface area contributed by atoms with Gasteiger partial charge in [0, 0.05) is 32.1 Å². The minimum absolute atomic E-state index is 0.00665. The monoisotopic (exact) mass is 408 g/mol. The molecule has 0 spiro atoms. The van der Waals surface area contributed by atoms with Gasteiger partial charge in [-0.15, -0.1) is 0 Å². The van der Waals surface area contributed by atoms with Crippen molar-refractivity contribution < 1.29 is 9.59 Å². The Morgan fingerprint density at radius 3 is 2.40 bits per heavy atom.